The Morgan fingerprint density at radius 3 is 2.57 bits per heavy atom. The molecule has 1 fully saturated rings. The predicted molar refractivity (Wildman–Crippen MR) is 144 cm³/mol. The SMILES string of the molecule is CC1=C(c2cc(O)c(Cl)cc2F)C(c2ccc(OCC(C)N3CCC(C)C3)cc2)Oc2ccc(O)cc21. The second-order valence-electron chi connectivity index (χ2n) is 10.1. The van der Waals surface area contributed by atoms with Crippen LogP contribution < -0.4 is 9.47 Å². The van der Waals surface area contributed by atoms with Crippen LogP contribution in [-0.4, -0.2) is 40.9 Å². The Hall–Kier alpha value is -3.22. The Morgan fingerprint density at radius 1 is 1.11 bits per heavy atom. The minimum Gasteiger partial charge on any atom is -0.508 e. The molecule has 194 valence electrons. The summed E-state index contributed by atoms with van der Waals surface area (Å²) >= 11 is 5.95. The molecule has 2 aliphatic heterocycles. The summed E-state index contributed by atoms with van der Waals surface area (Å²) < 4.78 is 27.6. The van der Waals surface area contributed by atoms with E-state index in [0.717, 1.165) is 42.0 Å². The third-order valence-corrected chi connectivity index (χ3v) is 7.66. The average molecular weight is 524 g/mol. The van der Waals surface area contributed by atoms with Crippen molar-refractivity contribution in [2.24, 2.45) is 5.92 Å². The van der Waals surface area contributed by atoms with Gasteiger partial charge in [0.1, 0.15) is 41.5 Å². The molecule has 5 rings (SSSR count). The molecule has 0 saturated carbocycles. The molecule has 0 amide bonds. The van der Waals surface area contributed by atoms with Gasteiger partial charge < -0.3 is 19.7 Å². The predicted octanol–water partition coefficient (Wildman–Crippen LogP) is 7.06. The molecule has 7 heteroatoms. The molecule has 2 N–H and O–H groups in total. The molecular weight excluding hydrogens is 493 g/mol. The van der Waals surface area contributed by atoms with E-state index in [1.807, 2.05) is 31.2 Å². The highest BCUT2D eigenvalue weighted by Gasteiger charge is 2.32. The van der Waals surface area contributed by atoms with Crippen molar-refractivity contribution in [1.82, 2.24) is 4.90 Å². The zero-order valence-electron chi connectivity index (χ0n) is 21.2. The number of hydrogen-bond donors (Lipinski definition) is 2. The van der Waals surface area contributed by atoms with Crippen LogP contribution in [0.3, 0.4) is 0 Å². The fourth-order valence-corrected chi connectivity index (χ4v) is 5.34. The molecule has 0 radical (unpaired) electrons. The van der Waals surface area contributed by atoms with Gasteiger partial charge in [0.05, 0.1) is 5.02 Å². The first kappa shape index (κ1) is 25.4. The summed E-state index contributed by atoms with van der Waals surface area (Å²) in [4.78, 5) is 2.46. The van der Waals surface area contributed by atoms with Gasteiger partial charge in [0.2, 0.25) is 0 Å². The Bertz CT molecular complexity index is 1340. The second kappa shape index (κ2) is 10.3. The molecule has 2 aliphatic rings. The Labute approximate surface area is 221 Å². The number of rotatable bonds is 6. The first-order valence-corrected chi connectivity index (χ1v) is 12.9. The maximum absolute atomic E-state index is 15.2. The van der Waals surface area contributed by atoms with Crippen molar-refractivity contribution in [2.75, 3.05) is 19.7 Å². The van der Waals surface area contributed by atoms with Crippen molar-refractivity contribution in [3.8, 4) is 23.0 Å². The van der Waals surface area contributed by atoms with Gasteiger partial charge in [0.25, 0.3) is 0 Å². The van der Waals surface area contributed by atoms with E-state index in [2.05, 4.69) is 18.7 Å². The minimum atomic E-state index is -0.647. The largest absolute Gasteiger partial charge is 0.508 e. The van der Waals surface area contributed by atoms with Crippen molar-refractivity contribution in [1.29, 1.82) is 0 Å². The number of aromatic hydroxyl groups is 2. The monoisotopic (exact) mass is 523 g/mol. The number of phenolic OH excluding ortho intramolecular Hbond substituents is 2. The summed E-state index contributed by atoms with van der Waals surface area (Å²) in [5.41, 5.74) is 2.93. The van der Waals surface area contributed by atoms with Crippen molar-refractivity contribution in [3.63, 3.8) is 0 Å². The molecule has 0 bridgehead atoms. The third kappa shape index (κ3) is 5.13. The van der Waals surface area contributed by atoms with Crippen LogP contribution in [0, 0.1) is 11.7 Å². The molecule has 0 spiro atoms. The van der Waals surface area contributed by atoms with Gasteiger partial charge in [-0.25, -0.2) is 4.39 Å². The smallest absolute Gasteiger partial charge is 0.150 e. The summed E-state index contributed by atoms with van der Waals surface area (Å²) in [5.74, 6) is 1.35. The van der Waals surface area contributed by atoms with Crippen LogP contribution in [0.1, 0.15) is 50.0 Å². The van der Waals surface area contributed by atoms with Crippen molar-refractivity contribution < 1.29 is 24.1 Å². The molecular formula is C30H31ClFNO4. The lowest BCUT2D eigenvalue weighted by Gasteiger charge is -2.31. The Morgan fingerprint density at radius 2 is 1.86 bits per heavy atom. The number of likely N-dealkylation sites (tertiary alicyclic amines) is 1. The highest BCUT2D eigenvalue weighted by molar-refractivity contribution is 6.32. The van der Waals surface area contributed by atoms with E-state index in [1.54, 1.807) is 18.2 Å². The van der Waals surface area contributed by atoms with Crippen molar-refractivity contribution in [3.05, 3.63) is 82.1 Å². The third-order valence-electron chi connectivity index (χ3n) is 7.36. The van der Waals surface area contributed by atoms with E-state index in [9.17, 15) is 10.2 Å². The van der Waals surface area contributed by atoms with Crippen LogP contribution in [0.25, 0.3) is 11.1 Å². The van der Waals surface area contributed by atoms with Gasteiger partial charge in [-0.05, 0) is 86.3 Å². The maximum atomic E-state index is 15.2. The maximum Gasteiger partial charge on any atom is 0.150 e. The molecule has 3 aromatic carbocycles. The summed E-state index contributed by atoms with van der Waals surface area (Å²) in [5, 5.41) is 20.2. The lowest BCUT2D eigenvalue weighted by Crippen LogP contribution is -2.35. The molecule has 3 atom stereocenters. The average Bonchev–Trinajstić information content (AvgIpc) is 3.32. The quantitative estimate of drug-likeness (QED) is 0.362. The topological polar surface area (TPSA) is 62.2 Å². The fourth-order valence-electron chi connectivity index (χ4n) is 5.19. The fraction of sp³-hybridized carbons (Fsp3) is 0.333. The highest BCUT2D eigenvalue weighted by Crippen LogP contribution is 2.48. The minimum absolute atomic E-state index is 0.0649. The first-order chi connectivity index (χ1) is 17.7. The summed E-state index contributed by atoms with van der Waals surface area (Å²) in [6.45, 7) is 9.13. The van der Waals surface area contributed by atoms with Crippen LogP contribution in [0.4, 0.5) is 4.39 Å². The molecule has 0 aliphatic carbocycles. The first-order valence-electron chi connectivity index (χ1n) is 12.6. The molecule has 3 unspecified atom stereocenters. The molecule has 3 aromatic rings. The number of phenols is 2. The van der Waals surface area contributed by atoms with Gasteiger partial charge in [0, 0.05) is 29.3 Å². The van der Waals surface area contributed by atoms with Crippen molar-refractivity contribution >= 4 is 22.7 Å². The van der Waals surface area contributed by atoms with E-state index in [1.165, 1.54) is 12.5 Å². The second-order valence-corrected chi connectivity index (χ2v) is 10.5. The van der Waals surface area contributed by atoms with Gasteiger partial charge in [-0.2, -0.15) is 0 Å². The van der Waals surface area contributed by atoms with Crippen molar-refractivity contribution in [2.45, 2.75) is 39.3 Å². The van der Waals surface area contributed by atoms with Gasteiger partial charge in [-0.1, -0.05) is 30.7 Å². The number of ether oxygens (including phenoxy) is 2. The summed E-state index contributed by atoms with van der Waals surface area (Å²) in [6.07, 6.45) is 0.580. The number of allylic oxidation sites excluding steroid dienone is 1. The molecule has 0 aromatic heterocycles. The highest BCUT2D eigenvalue weighted by atomic mass is 35.5. The normalized spacial score (nSPS) is 20.5. The molecule has 5 nitrogen and oxygen atoms in total. The van der Waals surface area contributed by atoms with Crippen LogP contribution in [0.15, 0.2) is 54.6 Å². The number of hydrogen-bond acceptors (Lipinski definition) is 5. The lowest BCUT2D eigenvalue weighted by molar-refractivity contribution is 0.169. The van der Waals surface area contributed by atoms with Gasteiger partial charge in [-0.3, -0.25) is 4.90 Å². The zero-order valence-corrected chi connectivity index (χ0v) is 21.9. The van der Waals surface area contributed by atoms with Gasteiger partial charge in [0.15, 0.2) is 0 Å². The van der Waals surface area contributed by atoms with E-state index < -0.39 is 11.9 Å². The lowest BCUT2D eigenvalue weighted by atomic mass is 9.85. The number of nitrogens with zero attached hydrogens (tertiary/aromatic N) is 1. The number of benzene rings is 3. The van der Waals surface area contributed by atoms with Crippen LogP contribution in [-0.2, 0) is 0 Å². The van der Waals surface area contributed by atoms with Crippen LogP contribution in [0.2, 0.25) is 5.02 Å². The van der Waals surface area contributed by atoms with Crippen LogP contribution >= 0.6 is 11.6 Å². The van der Waals surface area contributed by atoms with E-state index in [0.29, 0.717) is 29.5 Å². The zero-order chi connectivity index (χ0) is 26.3. The summed E-state index contributed by atoms with van der Waals surface area (Å²) in [7, 11) is 0. The van der Waals surface area contributed by atoms with E-state index in [4.69, 9.17) is 21.1 Å². The molecule has 37 heavy (non-hydrogen) atoms. The number of fused-ring (bicyclic) bond motifs is 1. The number of halogens is 2. The standard InChI is InChI=1S/C30H31ClFNO4/c1-17-10-11-33(15-17)18(2)16-36-22-7-4-20(5-8-22)30-29(24-13-27(35)25(31)14-26(24)32)19(3)23-12-21(34)6-9-28(23)37-30/h4-9,12-14,17-18,30,34-35H,10-11,15-16H2,1-3H3. The Balaban J connectivity index is 1.45. The molecule has 2 heterocycles. The van der Waals surface area contributed by atoms with E-state index >= 15 is 4.39 Å². The van der Waals surface area contributed by atoms with Crippen LogP contribution in [0.5, 0.6) is 23.0 Å². The summed E-state index contributed by atoms with van der Waals surface area (Å²) in [6, 6.07) is 15.2. The van der Waals surface area contributed by atoms with Gasteiger partial charge in [-0.15, -0.1) is 0 Å². The molecule has 1 saturated heterocycles. The van der Waals surface area contributed by atoms with E-state index in [-0.39, 0.29) is 22.1 Å². The Kier molecular flexibility index (Phi) is 7.06. The van der Waals surface area contributed by atoms with Gasteiger partial charge >= 0.3 is 0 Å².